The van der Waals surface area contributed by atoms with Crippen molar-refractivity contribution in [3.8, 4) is 5.75 Å². The maximum atomic E-state index is 13.4. The largest absolute Gasteiger partial charge is 0.507 e. The summed E-state index contributed by atoms with van der Waals surface area (Å²) in [6, 6.07) is 9.11. The van der Waals surface area contributed by atoms with E-state index in [-0.39, 0.29) is 30.0 Å². The molecule has 0 aromatic heterocycles. The highest BCUT2D eigenvalue weighted by molar-refractivity contribution is 6.45. The van der Waals surface area contributed by atoms with Crippen molar-refractivity contribution < 1.29 is 24.0 Å². The molecule has 206 valence electrons. The van der Waals surface area contributed by atoms with Crippen LogP contribution in [0.1, 0.15) is 97.9 Å². The van der Waals surface area contributed by atoms with Crippen LogP contribution in [0.5, 0.6) is 5.75 Å². The minimum Gasteiger partial charge on any atom is -0.507 e. The second-order valence-electron chi connectivity index (χ2n) is 12.5. The molecule has 0 spiro atoms. The first-order chi connectivity index (χ1) is 17.4. The zero-order chi connectivity index (χ0) is 28.6. The normalized spacial score (nSPS) is 16.4. The average Bonchev–Trinajstić information content (AvgIpc) is 2.98. The van der Waals surface area contributed by atoms with E-state index >= 15 is 0 Å². The molecule has 2 aromatic carbocycles. The monoisotopic (exact) mass is 522 g/mol. The number of hydrogen-bond acceptors (Lipinski definition) is 5. The molecule has 1 saturated heterocycles. The summed E-state index contributed by atoms with van der Waals surface area (Å²) in [4.78, 5) is 26.7. The van der Waals surface area contributed by atoms with Gasteiger partial charge in [0.1, 0.15) is 5.75 Å². The number of rotatable bonds is 6. The van der Waals surface area contributed by atoms with Gasteiger partial charge < -0.3 is 14.4 Å². The Labute approximate surface area is 228 Å². The Balaban J connectivity index is 1.72. The molecule has 0 radical (unpaired) electrons. The van der Waals surface area contributed by atoms with Crippen LogP contribution in [0.4, 0.5) is 0 Å². The summed E-state index contributed by atoms with van der Waals surface area (Å²) in [5.41, 5.74) is 5.40. The fraction of sp³-hybridized carbons (Fsp3) is 0.533. The molecule has 2 aromatic rings. The molecule has 8 heteroatoms. The first kappa shape index (κ1) is 29.7. The second-order valence-corrected chi connectivity index (χ2v) is 12.5. The highest BCUT2D eigenvalue weighted by atomic mass is 16.7. The maximum Gasteiger partial charge on any atom is 0.457 e. The lowest BCUT2D eigenvalue weighted by Crippen LogP contribution is -2.56. The lowest BCUT2D eigenvalue weighted by Gasteiger charge is -2.35. The van der Waals surface area contributed by atoms with Crippen molar-refractivity contribution >= 4 is 18.9 Å². The number of hydrogen-bond donors (Lipinski definition) is 2. The molecular weight excluding hydrogens is 479 g/mol. The SMILES string of the molecule is Cc1cc(C)cc(C(=O)N(NC(=O)c2ccc(CCCB3OC(C)(C)C(C)(C)O3)c(O)c2C)C(C)(C)C)c1. The van der Waals surface area contributed by atoms with Crippen LogP contribution < -0.4 is 5.43 Å². The lowest BCUT2D eigenvalue weighted by atomic mass is 9.81. The van der Waals surface area contributed by atoms with Crippen molar-refractivity contribution in [2.45, 2.75) is 105 Å². The Morgan fingerprint density at radius 1 is 0.974 bits per heavy atom. The molecule has 7 nitrogen and oxygen atoms in total. The minimum atomic E-state index is -0.673. The standard InChI is InChI=1S/C30H43BN2O5/c1-19-16-20(2)18-23(17-19)27(36)33(28(4,5)6)32-26(35)24-14-13-22(25(34)21(24)3)12-11-15-31-37-29(7,8)30(9,10)38-31/h13-14,16-18,34H,11-12,15H2,1-10H3,(H,32,35). The van der Waals surface area contributed by atoms with E-state index in [2.05, 4.69) is 5.43 Å². The number of nitrogens with one attached hydrogen (secondary N) is 1. The van der Waals surface area contributed by atoms with Crippen LogP contribution in [0, 0.1) is 20.8 Å². The summed E-state index contributed by atoms with van der Waals surface area (Å²) in [6.07, 6.45) is 2.09. The molecule has 0 unspecified atom stereocenters. The van der Waals surface area contributed by atoms with E-state index in [9.17, 15) is 14.7 Å². The summed E-state index contributed by atoms with van der Waals surface area (Å²) in [5, 5.41) is 12.3. The van der Waals surface area contributed by atoms with Crippen molar-refractivity contribution in [1.29, 1.82) is 0 Å². The summed E-state index contributed by atoms with van der Waals surface area (Å²) in [6.45, 7) is 19.3. The van der Waals surface area contributed by atoms with E-state index in [0.717, 1.165) is 23.1 Å². The molecule has 0 aliphatic carbocycles. The number of carbonyl (C=O) groups is 2. The van der Waals surface area contributed by atoms with E-state index in [0.29, 0.717) is 29.4 Å². The van der Waals surface area contributed by atoms with Crippen LogP contribution >= 0.6 is 0 Å². The van der Waals surface area contributed by atoms with Crippen LogP contribution in [0.2, 0.25) is 6.32 Å². The second kappa shape index (κ2) is 10.7. The Morgan fingerprint density at radius 3 is 2.05 bits per heavy atom. The van der Waals surface area contributed by atoms with Gasteiger partial charge in [-0.05, 0) is 106 Å². The van der Waals surface area contributed by atoms with E-state index in [1.54, 1.807) is 19.1 Å². The predicted octanol–water partition coefficient (Wildman–Crippen LogP) is 5.93. The number of nitrogens with zero attached hydrogens (tertiary/aromatic N) is 1. The van der Waals surface area contributed by atoms with Crippen molar-refractivity contribution in [2.24, 2.45) is 0 Å². The Kier molecular flexibility index (Phi) is 8.40. The first-order valence-corrected chi connectivity index (χ1v) is 13.3. The molecule has 38 heavy (non-hydrogen) atoms. The fourth-order valence-corrected chi connectivity index (χ4v) is 4.66. The molecule has 2 N–H and O–H groups in total. The van der Waals surface area contributed by atoms with Crippen molar-refractivity contribution in [1.82, 2.24) is 10.4 Å². The highest BCUT2D eigenvalue weighted by Gasteiger charge is 2.50. The van der Waals surface area contributed by atoms with Gasteiger partial charge >= 0.3 is 7.12 Å². The third-order valence-electron chi connectivity index (χ3n) is 7.50. The summed E-state index contributed by atoms with van der Waals surface area (Å²) >= 11 is 0. The lowest BCUT2D eigenvalue weighted by molar-refractivity contribution is 0.00578. The highest BCUT2D eigenvalue weighted by Crippen LogP contribution is 2.38. The van der Waals surface area contributed by atoms with Crippen LogP contribution in [-0.2, 0) is 15.7 Å². The number of aryl methyl sites for hydroxylation is 3. The van der Waals surface area contributed by atoms with E-state index < -0.39 is 11.4 Å². The Morgan fingerprint density at radius 2 is 1.53 bits per heavy atom. The number of benzene rings is 2. The van der Waals surface area contributed by atoms with Gasteiger partial charge in [0.25, 0.3) is 11.8 Å². The van der Waals surface area contributed by atoms with E-state index in [1.165, 1.54) is 5.01 Å². The fourth-order valence-electron chi connectivity index (χ4n) is 4.66. The van der Waals surface area contributed by atoms with E-state index in [1.807, 2.05) is 80.5 Å². The smallest absolute Gasteiger partial charge is 0.457 e. The number of hydrazine groups is 1. The number of phenolic OH excluding ortho intramolecular Hbond substituents is 1. The summed E-state index contributed by atoms with van der Waals surface area (Å²) in [7, 11) is -0.286. The van der Waals surface area contributed by atoms with Gasteiger partial charge in [-0.3, -0.25) is 15.0 Å². The molecule has 1 aliphatic heterocycles. The van der Waals surface area contributed by atoms with Crippen molar-refractivity contribution in [2.75, 3.05) is 0 Å². The van der Waals surface area contributed by atoms with Crippen molar-refractivity contribution in [3.05, 3.63) is 63.7 Å². The molecule has 1 fully saturated rings. The van der Waals surface area contributed by atoms with Gasteiger partial charge in [-0.1, -0.05) is 29.7 Å². The van der Waals surface area contributed by atoms with Gasteiger partial charge in [-0.25, -0.2) is 5.01 Å². The number of aromatic hydroxyl groups is 1. The van der Waals surface area contributed by atoms with Gasteiger partial charge in [0.05, 0.1) is 16.7 Å². The summed E-state index contributed by atoms with van der Waals surface area (Å²) in [5.74, 6) is -0.650. The number of phenols is 1. The predicted molar refractivity (Wildman–Crippen MR) is 151 cm³/mol. The van der Waals surface area contributed by atoms with Crippen molar-refractivity contribution in [3.63, 3.8) is 0 Å². The summed E-state index contributed by atoms with van der Waals surface area (Å²) < 4.78 is 12.1. The third-order valence-corrected chi connectivity index (χ3v) is 7.50. The Hall–Kier alpha value is -2.84. The van der Waals surface area contributed by atoms with Crippen LogP contribution in [0.25, 0.3) is 0 Å². The minimum absolute atomic E-state index is 0.0921. The van der Waals surface area contributed by atoms with Crippen LogP contribution in [0.3, 0.4) is 0 Å². The maximum absolute atomic E-state index is 13.4. The van der Waals surface area contributed by atoms with Gasteiger partial charge in [0, 0.05) is 16.7 Å². The number of carbonyl (C=O) groups excluding carboxylic acids is 2. The van der Waals surface area contributed by atoms with Crippen LogP contribution in [-0.4, -0.2) is 45.8 Å². The molecule has 2 amide bonds. The third kappa shape index (κ3) is 6.41. The topological polar surface area (TPSA) is 88.1 Å². The van der Waals surface area contributed by atoms with Gasteiger partial charge in [0.2, 0.25) is 0 Å². The van der Waals surface area contributed by atoms with E-state index in [4.69, 9.17) is 9.31 Å². The number of amides is 2. The van der Waals surface area contributed by atoms with Gasteiger partial charge in [-0.2, -0.15) is 0 Å². The molecule has 3 rings (SSSR count). The molecular formula is C30H43BN2O5. The molecule has 0 atom stereocenters. The molecule has 0 saturated carbocycles. The first-order valence-electron chi connectivity index (χ1n) is 13.3. The Bertz CT molecular complexity index is 1180. The zero-order valence-corrected chi connectivity index (χ0v) is 24.6. The quantitative estimate of drug-likeness (QED) is 0.363. The van der Waals surface area contributed by atoms with Crippen LogP contribution in [0.15, 0.2) is 30.3 Å². The zero-order valence-electron chi connectivity index (χ0n) is 24.6. The molecule has 1 aliphatic rings. The van der Waals surface area contributed by atoms with Gasteiger partial charge in [-0.15, -0.1) is 0 Å². The molecule has 0 bridgehead atoms. The van der Waals surface area contributed by atoms with Gasteiger partial charge in [0.15, 0.2) is 0 Å². The molecule has 1 heterocycles. The average molecular weight is 522 g/mol.